The molecule has 0 saturated heterocycles. The molecule has 9 nitrogen and oxygen atoms in total. The van der Waals surface area contributed by atoms with Crippen LogP contribution in [-0.2, 0) is 10.0 Å². The van der Waals surface area contributed by atoms with Crippen LogP contribution in [0.3, 0.4) is 0 Å². The molecule has 3 aromatic heterocycles. The Bertz CT molecular complexity index is 1200. The van der Waals surface area contributed by atoms with Gasteiger partial charge < -0.3 is 4.98 Å². The Morgan fingerprint density at radius 2 is 2.18 bits per heavy atom. The summed E-state index contributed by atoms with van der Waals surface area (Å²) in [7, 11) is -3.22. The molecule has 2 aliphatic rings. The molecular weight excluding hydrogens is 378 g/mol. The highest BCUT2D eigenvalue weighted by Crippen LogP contribution is 2.42. The van der Waals surface area contributed by atoms with Crippen LogP contribution in [-0.4, -0.2) is 44.3 Å². The molecule has 0 aromatic carbocycles. The topological polar surface area (TPSA) is 129 Å². The second-order valence-corrected chi connectivity index (χ2v) is 9.82. The van der Waals surface area contributed by atoms with Crippen molar-refractivity contribution in [3.8, 4) is 6.07 Å². The van der Waals surface area contributed by atoms with Crippen molar-refractivity contribution >= 4 is 26.8 Å². The summed E-state index contributed by atoms with van der Waals surface area (Å²) in [6.45, 7) is 2.12. The van der Waals surface area contributed by atoms with Crippen molar-refractivity contribution in [2.75, 3.05) is 0 Å². The highest BCUT2D eigenvalue weighted by molar-refractivity contribution is 7.90. The number of aromatic nitrogens is 5. The molecule has 0 radical (unpaired) electrons. The first kappa shape index (κ1) is 17.6. The maximum absolute atomic E-state index is 12.4. The number of rotatable bonds is 5. The van der Waals surface area contributed by atoms with Gasteiger partial charge >= 0.3 is 0 Å². The molecule has 10 heteroatoms. The van der Waals surface area contributed by atoms with Crippen LogP contribution in [0.5, 0.6) is 0 Å². The van der Waals surface area contributed by atoms with Crippen molar-refractivity contribution in [2.45, 2.75) is 56.2 Å². The smallest absolute Gasteiger partial charge is 0.214 e. The molecule has 5 rings (SSSR count). The average molecular weight is 399 g/mol. The van der Waals surface area contributed by atoms with E-state index in [2.05, 4.69) is 37.9 Å². The van der Waals surface area contributed by atoms with Crippen LogP contribution in [0.4, 0.5) is 0 Å². The summed E-state index contributed by atoms with van der Waals surface area (Å²) in [5, 5.41) is 18.0. The minimum Gasteiger partial charge on any atom is -0.343 e. The number of hydrogen-bond donors (Lipinski definition) is 2. The molecule has 28 heavy (non-hydrogen) atoms. The molecule has 0 aliphatic heterocycles. The van der Waals surface area contributed by atoms with Gasteiger partial charge in [0.1, 0.15) is 17.4 Å². The number of aromatic amines is 1. The fourth-order valence-corrected chi connectivity index (χ4v) is 6.10. The molecule has 3 atom stereocenters. The SMILES string of the molecule is CC[C@@H]1C[C@H](NS(=O)(=O)C2CC2)C[C@@H]1c1nnc2cnc3[nH]cc(C#N)c3n12. The second kappa shape index (κ2) is 6.25. The molecular formula is C18H21N7O2S. The quantitative estimate of drug-likeness (QED) is 0.673. The molecule has 2 N–H and O–H groups in total. The van der Waals surface area contributed by atoms with Gasteiger partial charge in [0.25, 0.3) is 0 Å². The van der Waals surface area contributed by atoms with Gasteiger partial charge in [0.2, 0.25) is 10.0 Å². The first-order valence-electron chi connectivity index (χ1n) is 9.64. The summed E-state index contributed by atoms with van der Waals surface area (Å²) in [5.41, 5.74) is 2.38. The second-order valence-electron chi connectivity index (χ2n) is 7.83. The maximum Gasteiger partial charge on any atom is 0.214 e. The standard InChI is InChI=1S/C18H21N7O2S/c1-2-10-5-12(24-28(26,27)13-3-4-13)6-14(10)18-23-22-15-9-21-17-16(25(15)18)11(7-19)8-20-17/h8-10,12-14,20,24H,2-6H2,1H3/t10-,12+,14+/m1/s1. The zero-order valence-electron chi connectivity index (χ0n) is 15.5. The minimum atomic E-state index is -3.22. The van der Waals surface area contributed by atoms with E-state index in [0.29, 0.717) is 34.7 Å². The summed E-state index contributed by atoms with van der Waals surface area (Å²) in [6, 6.07) is 2.10. The van der Waals surface area contributed by atoms with Gasteiger partial charge in [0, 0.05) is 18.2 Å². The van der Waals surface area contributed by atoms with Crippen LogP contribution in [0.1, 0.15) is 56.3 Å². The number of hydrogen-bond acceptors (Lipinski definition) is 6. The monoisotopic (exact) mass is 399 g/mol. The average Bonchev–Trinajstić information content (AvgIpc) is 3.17. The lowest BCUT2D eigenvalue weighted by atomic mass is 9.93. The molecule has 0 amide bonds. The minimum absolute atomic E-state index is 0.0685. The highest BCUT2D eigenvalue weighted by atomic mass is 32.2. The van der Waals surface area contributed by atoms with E-state index in [9.17, 15) is 13.7 Å². The van der Waals surface area contributed by atoms with Crippen LogP contribution in [0, 0.1) is 17.2 Å². The third-order valence-corrected chi connectivity index (χ3v) is 8.05. The lowest BCUT2D eigenvalue weighted by Crippen LogP contribution is -2.35. The number of nitrogens with one attached hydrogen (secondary N) is 2. The van der Waals surface area contributed by atoms with Crippen molar-refractivity contribution in [1.82, 2.24) is 29.3 Å². The van der Waals surface area contributed by atoms with E-state index in [4.69, 9.17) is 0 Å². The summed E-state index contributed by atoms with van der Waals surface area (Å²) < 4.78 is 29.6. The molecule has 2 saturated carbocycles. The van der Waals surface area contributed by atoms with E-state index in [1.54, 1.807) is 12.4 Å². The first-order valence-corrected chi connectivity index (χ1v) is 11.2. The van der Waals surface area contributed by atoms with Crippen molar-refractivity contribution in [3.05, 3.63) is 23.8 Å². The van der Waals surface area contributed by atoms with Gasteiger partial charge in [-0.1, -0.05) is 13.3 Å². The predicted octanol–water partition coefficient (Wildman–Crippen LogP) is 1.83. The van der Waals surface area contributed by atoms with Crippen LogP contribution in [0.15, 0.2) is 12.4 Å². The van der Waals surface area contributed by atoms with Crippen molar-refractivity contribution in [1.29, 1.82) is 5.26 Å². The number of nitriles is 1. The highest BCUT2D eigenvalue weighted by Gasteiger charge is 2.42. The zero-order chi connectivity index (χ0) is 19.5. The van der Waals surface area contributed by atoms with Crippen LogP contribution >= 0.6 is 0 Å². The lowest BCUT2D eigenvalue weighted by molar-refractivity contribution is 0.449. The van der Waals surface area contributed by atoms with E-state index in [-0.39, 0.29) is 17.2 Å². The molecule has 0 unspecified atom stereocenters. The van der Waals surface area contributed by atoms with E-state index in [1.807, 2.05) is 4.40 Å². The molecule has 2 aliphatic carbocycles. The van der Waals surface area contributed by atoms with Crippen molar-refractivity contribution < 1.29 is 8.42 Å². The third kappa shape index (κ3) is 2.69. The molecule has 0 bridgehead atoms. The van der Waals surface area contributed by atoms with Gasteiger partial charge in [-0.3, -0.25) is 4.40 Å². The van der Waals surface area contributed by atoms with Gasteiger partial charge in [0.05, 0.1) is 17.0 Å². The summed E-state index contributed by atoms with van der Waals surface area (Å²) in [4.78, 5) is 7.35. The third-order valence-electron chi connectivity index (χ3n) is 6.04. The van der Waals surface area contributed by atoms with Crippen LogP contribution in [0.2, 0.25) is 0 Å². The van der Waals surface area contributed by atoms with E-state index in [1.165, 1.54) is 0 Å². The van der Waals surface area contributed by atoms with Gasteiger partial charge in [-0.15, -0.1) is 10.2 Å². The van der Waals surface area contributed by atoms with Crippen LogP contribution in [0.25, 0.3) is 16.8 Å². The molecule has 3 aromatic rings. The number of sulfonamides is 1. The normalized spacial score (nSPS) is 25.5. The van der Waals surface area contributed by atoms with Gasteiger partial charge in [-0.05, 0) is 31.6 Å². The lowest BCUT2D eigenvalue weighted by Gasteiger charge is -2.16. The molecule has 0 spiro atoms. The van der Waals surface area contributed by atoms with Gasteiger partial charge in [0.15, 0.2) is 11.3 Å². The maximum atomic E-state index is 12.4. The molecule has 3 heterocycles. The largest absolute Gasteiger partial charge is 0.343 e. The number of H-pyrrole nitrogens is 1. The van der Waals surface area contributed by atoms with Crippen molar-refractivity contribution in [3.63, 3.8) is 0 Å². The Balaban J connectivity index is 1.55. The van der Waals surface area contributed by atoms with E-state index in [0.717, 1.165) is 31.5 Å². The molecule has 2 fully saturated rings. The fraction of sp³-hybridized carbons (Fsp3) is 0.556. The predicted molar refractivity (Wildman–Crippen MR) is 102 cm³/mol. The van der Waals surface area contributed by atoms with E-state index >= 15 is 0 Å². The Morgan fingerprint density at radius 1 is 1.36 bits per heavy atom. The Labute approximate surface area is 162 Å². The zero-order valence-corrected chi connectivity index (χ0v) is 16.3. The van der Waals surface area contributed by atoms with E-state index < -0.39 is 10.0 Å². The fourth-order valence-electron chi connectivity index (χ4n) is 4.49. The van der Waals surface area contributed by atoms with Gasteiger partial charge in [-0.2, -0.15) is 5.26 Å². The number of nitrogens with zero attached hydrogens (tertiary/aromatic N) is 5. The number of fused-ring (bicyclic) bond motifs is 3. The molecule has 146 valence electrons. The summed E-state index contributed by atoms with van der Waals surface area (Å²) >= 11 is 0. The first-order chi connectivity index (χ1) is 13.5. The van der Waals surface area contributed by atoms with Crippen molar-refractivity contribution in [2.24, 2.45) is 5.92 Å². The van der Waals surface area contributed by atoms with Crippen LogP contribution < -0.4 is 4.72 Å². The Kier molecular flexibility index (Phi) is 3.93. The Morgan fingerprint density at radius 3 is 2.89 bits per heavy atom. The van der Waals surface area contributed by atoms with Gasteiger partial charge in [-0.25, -0.2) is 18.1 Å². The summed E-state index contributed by atoms with van der Waals surface area (Å²) in [6.07, 6.45) is 7.18. The Hall–Kier alpha value is -2.51. The summed E-state index contributed by atoms with van der Waals surface area (Å²) in [5.74, 6) is 1.14.